The van der Waals surface area contributed by atoms with Crippen molar-refractivity contribution in [3.63, 3.8) is 0 Å². The third kappa shape index (κ3) is 3.88. The summed E-state index contributed by atoms with van der Waals surface area (Å²) in [5.41, 5.74) is 0.741. The van der Waals surface area contributed by atoms with Gasteiger partial charge in [0.15, 0.2) is 0 Å². The Balaban J connectivity index is 2.22. The topological polar surface area (TPSA) is 88.3 Å². The maximum absolute atomic E-state index is 10.7. The summed E-state index contributed by atoms with van der Waals surface area (Å²) in [5.74, 6) is 1.13. The standard InChI is InChI=1S/C15H19N3O3/c1-10(2)7-12(9-19)16-15-6-3-11-8-13(18(20)21)4-5-14(11)17-15/h3-6,8,10,12,19H,7,9H2,1-2H3,(H,16,17). The highest BCUT2D eigenvalue weighted by molar-refractivity contribution is 5.82. The maximum Gasteiger partial charge on any atom is 0.270 e. The van der Waals surface area contributed by atoms with Crippen LogP contribution in [0.1, 0.15) is 20.3 Å². The van der Waals surface area contributed by atoms with Gasteiger partial charge in [-0.15, -0.1) is 0 Å². The van der Waals surface area contributed by atoms with Gasteiger partial charge in [0.2, 0.25) is 0 Å². The van der Waals surface area contributed by atoms with E-state index < -0.39 is 4.92 Å². The minimum absolute atomic E-state index is 0.0398. The molecule has 6 heteroatoms. The summed E-state index contributed by atoms with van der Waals surface area (Å²) in [4.78, 5) is 14.7. The van der Waals surface area contributed by atoms with Crippen LogP contribution in [0.25, 0.3) is 10.9 Å². The van der Waals surface area contributed by atoms with E-state index in [0.717, 1.165) is 11.8 Å². The second-order valence-electron chi connectivity index (χ2n) is 5.48. The lowest BCUT2D eigenvalue weighted by atomic mass is 10.0. The summed E-state index contributed by atoms with van der Waals surface area (Å²) in [7, 11) is 0. The smallest absolute Gasteiger partial charge is 0.270 e. The SMILES string of the molecule is CC(C)CC(CO)Nc1ccc2cc([N+](=O)[O-])ccc2n1. The van der Waals surface area contributed by atoms with Gasteiger partial charge in [0.05, 0.1) is 23.1 Å². The van der Waals surface area contributed by atoms with Crippen molar-refractivity contribution in [1.82, 2.24) is 4.98 Å². The van der Waals surface area contributed by atoms with E-state index in [4.69, 9.17) is 0 Å². The van der Waals surface area contributed by atoms with Crippen LogP contribution in [0.2, 0.25) is 0 Å². The number of nitrogens with zero attached hydrogens (tertiary/aromatic N) is 2. The van der Waals surface area contributed by atoms with E-state index in [-0.39, 0.29) is 18.3 Å². The third-order valence-electron chi connectivity index (χ3n) is 3.21. The van der Waals surface area contributed by atoms with E-state index in [1.807, 2.05) is 0 Å². The van der Waals surface area contributed by atoms with Gasteiger partial charge >= 0.3 is 0 Å². The largest absolute Gasteiger partial charge is 0.394 e. The van der Waals surface area contributed by atoms with E-state index >= 15 is 0 Å². The molecule has 1 atom stereocenters. The highest BCUT2D eigenvalue weighted by Crippen LogP contribution is 2.21. The molecule has 2 rings (SSSR count). The number of pyridine rings is 1. The second kappa shape index (κ2) is 6.49. The lowest BCUT2D eigenvalue weighted by Gasteiger charge is -2.19. The van der Waals surface area contributed by atoms with E-state index in [1.165, 1.54) is 12.1 Å². The summed E-state index contributed by atoms with van der Waals surface area (Å²) in [6.07, 6.45) is 0.844. The van der Waals surface area contributed by atoms with Gasteiger partial charge in [0.1, 0.15) is 5.82 Å². The predicted octanol–water partition coefficient (Wildman–Crippen LogP) is 2.96. The highest BCUT2D eigenvalue weighted by Gasteiger charge is 2.11. The van der Waals surface area contributed by atoms with Crippen molar-refractivity contribution >= 4 is 22.4 Å². The number of aliphatic hydroxyl groups excluding tert-OH is 1. The lowest BCUT2D eigenvalue weighted by molar-refractivity contribution is -0.384. The maximum atomic E-state index is 10.7. The van der Waals surface area contributed by atoms with E-state index in [1.54, 1.807) is 18.2 Å². The van der Waals surface area contributed by atoms with Gasteiger partial charge in [-0.2, -0.15) is 0 Å². The number of rotatable bonds is 6. The van der Waals surface area contributed by atoms with Crippen LogP contribution < -0.4 is 5.32 Å². The molecular weight excluding hydrogens is 270 g/mol. The Hall–Kier alpha value is -2.21. The summed E-state index contributed by atoms with van der Waals surface area (Å²) in [5, 5.41) is 24.0. The Morgan fingerprint density at radius 1 is 1.33 bits per heavy atom. The first-order valence-electron chi connectivity index (χ1n) is 6.92. The number of nitrogens with one attached hydrogen (secondary N) is 1. The van der Waals surface area contributed by atoms with Crippen molar-refractivity contribution in [2.24, 2.45) is 5.92 Å². The van der Waals surface area contributed by atoms with Gasteiger partial charge < -0.3 is 10.4 Å². The summed E-state index contributed by atoms with van der Waals surface area (Å²) in [6, 6.07) is 8.10. The lowest BCUT2D eigenvalue weighted by Crippen LogP contribution is -2.26. The minimum Gasteiger partial charge on any atom is -0.394 e. The molecule has 0 aliphatic carbocycles. The highest BCUT2D eigenvalue weighted by atomic mass is 16.6. The first-order chi connectivity index (χ1) is 9.99. The summed E-state index contributed by atoms with van der Waals surface area (Å²) >= 11 is 0. The van der Waals surface area contributed by atoms with Gasteiger partial charge in [0.25, 0.3) is 5.69 Å². The average molecular weight is 289 g/mol. The van der Waals surface area contributed by atoms with Crippen molar-refractivity contribution < 1.29 is 10.0 Å². The van der Waals surface area contributed by atoms with Crippen LogP contribution in [0.4, 0.5) is 11.5 Å². The van der Waals surface area contributed by atoms with Crippen molar-refractivity contribution in [3.05, 3.63) is 40.4 Å². The number of aromatic nitrogens is 1. The van der Waals surface area contributed by atoms with Crippen molar-refractivity contribution in [1.29, 1.82) is 0 Å². The fourth-order valence-electron chi connectivity index (χ4n) is 2.26. The molecule has 0 radical (unpaired) electrons. The number of hydrogen-bond acceptors (Lipinski definition) is 5. The van der Waals surface area contributed by atoms with E-state index in [9.17, 15) is 15.2 Å². The van der Waals surface area contributed by atoms with Gasteiger partial charge in [0, 0.05) is 17.5 Å². The molecule has 0 aliphatic heterocycles. The zero-order valence-electron chi connectivity index (χ0n) is 12.1. The molecule has 0 aliphatic rings. The molecule has 0 amide bonds. The Kier molecular flexibility index (Phi) is 4.70. The Labute approximate surface area is 123 Å². The minimum atomic E-state index is -0.421. The number of anilines is 1. The molecule has 0 saturated heterocycles. The molecule has 2 N–H and O–H groups in total. The van der Waals surface area contributed by atoms with Crippen molar-refractivity contribution in [2.75, 3.05) is 11.9 Å². The van der Waals surface area contributed by atoms with Crippen LogP contribution in [-0.4, -0.2) is 27.7 Å². The molecule has 2 aromatic rings. The van der Waals surface area contributed by atoms with Gasteiger partial charge in [-0.05, 0) is 30.5 Å². The van der Waals surface area contributed by atoms with E-state index in [0.29, 0.717) is 17.3 Å². The third-order valence-corrected chi connectivity index (χ3v) is 3.21. The van der Waals surface area contributed by atoms with Gasteiger partial charge in [-0.25, -0.2) is 4.98 Å². The normalized spacial score (nSPS) is 12.6. The molecule has 0 saturated carbocycles. The number of aliphatic hydroxyl groups is 1. The number of fused-ring (bicyclic) bond motifs is 1. The molecule has 1 aromatic carbocycles. The molecule has 1 unspecified atom stereocenters. The first-order valence-corrected chi connectivity index (χ1v) is 6.92. The molecule has 21 heavy (non-hydrogen) atoms. The van der Waals surface area contributed by atoms with Crippen LogP contribution in [0.5, 0.6) is 0 Å². The first kappa shape index (κ1) is 15.2. The zero-order valence-corrected chi connectivity index (χ0v) is 12.1. The Bertz CT molecular complexity index is 643. The molecule has 6 nitrogen and oxygen atoms in total. The molecule has 112 valence electrons. The summed E-state index contributed by atoms with van der Waals surface area (Å²) in [6.45, 7) is 4.23. The van der Waals surface area contributed by atoms with Crippen LogP contribution in [0.3, 0.4) is 0 Å². The Morgan fingerprint density at radius 3 is 2.71 bits per heavy atom. The molecule has 0 fully saturated rings. The van der Waals surface area contributed by atoms with Crippen LogP contribution >= 0.6 is 0 Å². The van der Waals surface area contributed by atoms with Crippen LogP contribution in [0.15, 0.2) is 30.3 Å². The number of hydrogen-bond donors (Lipinski definition) is 2. The quantitative estimate of drug-likeness (QED) is 0.630. The molecule has 1 heterocycles. The van der Waals surface area contributed by atoms with E-state index in [2.05, 4.69) is 24.1 Å². The number of non-ortho nitro benzene ring substituents is 1. The fraction of sp³-hybridized carbons (Fsp3) is 0.400. The number of benzene rings is 1. The summed E-state index contributed by atoms with van der Waals surface area (Å²) < 4.78 is 0. The second-order valence-corrected chi connectivity index (χ2v) is 5.48. The van der Waals surface area contributed by atoms with Crippen molar-refractivity contribution in [2.45, 2.75) is 26.3 Å². The number of nitro benzene ring substituents is 1. The molecular formula is C15H19N3O3. The van der Waals surface area contributed by atoms with Crippen LogP contribution in [0, 0.1) is 16.0 Å². The average Bonchev–Trinajstić information content (AvgIpc) is 2.45. The van der Waals surface area contributed by atoms with Crippen molar-refractivity contribution in [3.8, 4) is 0 Å². The van der Waals surface area contributed by atoms with Gasteiger partial charge in [-0.1, -0.05) is 13.8 Å². The molecule has 0 bridgehead atoms. The van der Waals surface area contributed by atoms with Gasteiger partial charge in [-0.3, -0.25) is 10.1 Å². The predicted molar refractivity (Wildman–Crippen MR) is 82.3 cm³/mol. The fourth-order valence-corrected chi connectivity index (χ4v) is 2.26. The monoisotopic (exact) mass is 289 g/mol. The molecule has 0 spiro atoms. The van der Waals surface area contributed by atoms with Crippen LogP contribution in [-0.2, 0) is 0 Å². The Morgan fingerprint density at radius 2 is 2.10 bits per heavy atom. The number of nitro groups is 1. The zero-order chi connectivity index (χ0) is 15.4. The molecule has 1 aromatic heterocycles.